The monoisotopic (exact) mass is 332 g/mol. The number of rotatable bonds is 5. The van der Waals surface area contributed by atoms with Crippen molar-refractivity contribution in [2.45, 2.75) is 75.8 Å². The van der Waals surface area contributed by atoms with Crippen LogP contribution in [0.25, 0.3) is 0 Å². The third kappa shape index (κ3) is 5.21. The first-order chi connectivity index (χ1) is 9.24. The lowest BCUT2D eigenvalue weighted by Gasteiger charge is -2.39. The number of hydrogen-bond acceptors (Lipinski definition) is 4. The van der Waals surface area contributed by atoms with E-state index in [0.29, 0.717) is 12.8 Å². The molecular weight excluding hydrogens is 302 g/mol. The summed E-state index contributed by atoms with van der Waals surface area (Å²) in [5, 5.41) is 10.1. The summed E-state index contributed by atoms with van der Waals surface area (Å²) in [5.41, 5.74) is 0. The fraction of sp³-hybridized carbons (Fsp3) is 1.00. The van der Waals surface area contributed by atoms with E-state index in [2.05, 4.69) is 33.9 Å². The minimum absolute atomic E-state index is 0.118. The summed E-state index contributed by atoms with van der Waals surface area (Å²) in [4.78, 5) is 0. The molecule has 2 radical (unpaired) electrons. The SMILES string of the molecule is [B][C@@H]1O[C@H](CC(O)P(C)(C)=O)CC1O[Si](C)(C)C(C)(C)C. The second kappa shape index (κ2) is 6.48. The Bertz CT molecular complexity index is 404. The zero-order chi connectivity index (χ0) is 16.6. The van der Waals surface area contributed by atoms with Crippen LogP contribution in [0.4, 0.5) is 0 Å². The van der Waals surface area contributed by atoms with Crippen molar-refractivity contribution in [3.8, 4) is 0 Å². The van der Waals surface area contributed by atoms with Gasteiger partial charge in [0.2, 0.25) is 0 Å². The third-order valence-corrected chi connectivity index (χ3v) is 10.8. The van der Waals surface area contributed by atoms with Gasteiger partial charge in [0, 0.05) is 18.8 Å². The molecule has 0 amide bonds. The minimum Gasteiger partial charge on any atom is -0.412 e. The first-order valence-electron chi connectivity index (χ1n) is 7.55. The van der Waals surface area contributed by atoms with Gasteiger partial charge < -0.3 is 18.8 Å². The Kier molecular flexibility index (Phi) is 6.00. The molecule has 1 N–H and O–H groups in total. The van der Waals surface area contributed by atoms with Gasteiger partial charge >= 0.3 is 0 Å². The quantitative estimate of drug-likeness (QED) is 0.621. The first kappa shape index (κ1) is 19.4. The highest BCUT2D eigenvalue weighted by atomic mass is 31.2. The van der Waals surface area contributed by atoms with Crippen LogP contribution < -0.4 is 0 Å². The van der Waals surface area contributed by atoms with Crippen LogP contribution in [0, 0.1) is 0 Å². The largest absolute Gasteiger partial charge is 0.412 e. The molecule has 0 spiro atoms. The molecule has 1 fully saturated rings. The van der Waals surface area contributed by atoms with Gasteiger partial charge in [0.05, 0.1) is 12.2 Å². The van der Waals surface area contributed by atoms with Gasteiger partial charge in [-0.3, -0.25) is 0 Å². The summed E-state index contributed by atoms with van der Waals surface area (Å²) in [7, 11) is 1.62. The highest BCUT2D eigenvalue weighted by molar-refractivity contribution is 7.62. The predicted molar refractivity (Wildman–Crippen MR) is 91.2 cm³/mol. The first-order valence-corrected chi connectivity index (χ1v) is 13.1. The summed E-state index contributed by atoms with van der Waals surface area (Å²) >= 11 is 0. The second-order valence-electron chi connectivity index (χ2n) is 8.03. The van der Waals surface area contributed by atoms with Crippen LogP contribution in [0.15, 0.2) is 0 Å². The van der Waals surface area contributed by atoms with Gasteiger partial charge in [-0.2, -0.15) is 0 Å². The molecule has 21 heavy (non-hydrogen) atoms. The van der Waals surface area contributed by atoms with E-state index in [1.165, 1.54) is 0 Å². The molecule has 0 aromatic rings. The van der Waals surface area contributed by atoms with E-state index in [1.807, 2.05) is 0 Å². The summed E-state index contributed by atoms with van der Waals surface area (Å²) in [5.74, 6) is -0.832. The maximum absolute atomic E-state index is 11.9. The molecule has 4 nitrogen and oxygen atoms in total. The van der Waals surface area contributed by atoms with E-state index >= 15 is 0 Å². The van der Waals surface area contributed by atoms with E-state index in [-0.39, 0.29) is 17.2 Å². The van der Waals surface area contributed by atoms with Crippen LogP contribution in [0.1, 0.15) is 33.6 Å². The highest BCUT2D eigenvalue weighted by Gasteiger charge is 2.43. The Hall–Kier alpha value is 0.392. The Balaban J connectivity index is 2.64. The summed E-state index contributed by atoms with van der Waals surface area (Å²) in [6.07, 6.45) is 0.689. The molecule has 4 atom stereocenters. The molecule has 1 aliphatic heterocycles. The Morgan fingerprint density at radius 2 is 1.95 bits per heavy atom. The topological polar surface area (TPSA) is 55.8 Å². The molecule has 0 saturated carbocycles. The average Bonchev–Trinajstić information content (AvgIpc) is 2.55. The van der Waals surface area contributed by atoms with Crippen LogP contribution in [0.5, 0.6) is 0 Å². The van der Waals surface area contributed by atoms with E-state index in [4.69, 9.17) is 17.0 Å². The molecule has 0 bridgehead atoms. The van der Waals surface area contributed by atoms with Crippen molar-refractivity contribution in [2.75, 3.05) is 13.3 Å². The lowest BCUT2D eigenvalue weighted by atomic mass is 9.94. The maximum atomic E-state index is 11.9. The molecule has 1 heterocycles. The van der Waals surface area contributed by atoms with Crippen molar-refractivity contribution in [1.82, 2.24) is 0 Å². The van der Waals surface area contributed by atoms with Gasteiger partial charge in [0.25, 0.3) is 0 Å². The average molecular weight is 332 g/mol. The second-order valence-corrected chi connectivity index (χ2v) is 16.2. The Morgan fingerprint density at radius 1 is 1.43 bits per heavy atom. The molecule has 0 aromatic heterocycles. The van der Waals surface area contributed by atoms with E-state index in [1.54, 1.807) is 13.3 Å². The summed E-state index contributed by atoms with van der Waals surface area (Å²) in [6, 6.07) is -0.468. The molecule has 7 heteroatoms. The van der Waals surface area contributed by atoms with Crippen molar-refractivity contribution < 1.29 is 18.8 Å². The molecule has 1 rings (SSSR count). The lowest BCUT2D eigenvalue weighted by molar-refractivity contribution is 0.0448. The fourth-order valence-electron chi connectivity index (χ4n) is 2.07. The van der Waals surface area contributed by atoms with E-state index < -0.39 is 27.3 Å². The summed E-state index contributed by atoms with van der Waals surface area (Å²) < 4.78 is 23.9. The third-order valence-electron chi connectivity index (χ3n) is 4.65. The van der Waals surface area contributed by atoms with Crippen molar-refractivity contribution >= 4 is 23.3 Å². The molecule has 2 unspecified atom stereocenters. The van der Waals surface area contributed by atoms with Gasteiger partial charge in [-0.15, -0.1) is 0 Å². The Labute approximate surface area is 131 Å². The number of aliphatic hydroxyl groups is 1. The van der Waals surface area contributed by atoms with Crippen LogP contribution in [0.2, 0.25) is 18.1 Å². The van der Waals surface area contributed by atoms with Crippen LogP contribution in [0.3, 0.4) is 0 Å². The molecule has 0 aromatic carbocycles. The molecule has 1 saturated heterocycles. The standard InChI is InChI=1S/C14H30BO4PSi/c1-14(2,3)21(6,7)19-11-8-10(18-13(11)15)9-12(16)20(4,5)17/h10-13,16H,8-9H2,1-7H3/t10-,11?,12?,13+/m0/s1. The van der Waals surface area contributed by atoms with Crippen molar-refractivity contribution in [2.24, 2.45) is 0 Å². The molecule has 1 aliphatic rings. The van der Waals surface area contributed by atoms with Crippen LogP contribution in [-0.2, 0) is 13.7 Å². The maximum Gasteiger partial charge on any atom is 0.192 e. The number of hydrogen-bond donors (Lipinski definition) is 1. The normalized spacial score (nSPS) is 29.6. The van der Waals surface area contributed by atoms with Gasteiger partial charge in [0.1, 0.15) is 20.8 Å². The van der Waals surface area contributed by atoms with Gasteiger partial charge in [-0.25, -0.2) is 0 Å². The summed E-state index contributed by atoms with van der Waals surface area (Å²) in [6.45, 7) is 14.1. The van der Waals surface area contributed by atoms with Gasteiger partial charge in [-0.05, 0) is 31.5 Å². The number of aliphatic hydroxyl groups excluding tert-OH is 1. The highest BCUT2D eigenvalue weighted by Crippen LogP contribution is 2.45. The van der Waals surface area contributed by atoms with Crippen LogP contribution in [-0.4, -0.2) is 58.7 Å². The van der Waals surface area contributed by atoms with Gasteiger partial charge in [-0.1, -0.05) is 20.8 Å². The number of ether oxygens (including phenoxy) is 1. The molecular formula is C14H30BO4PSi. The minimum atomic E-state index is -2.51. The lowest BCUT2D eigenvalue weighted by Crippen LogP contribution is -2.46. The van der Waals surface area contributed by atoms with Crippen LogP contribution >= 0.6 is 7.14 Å². The molecule has 122 valence electrons. The zero-order valence-corrected chi connectivity index (χ0v) is 16.3. The van der Waals surface area contributed by atoms with Crippen molar-refractivity contribution in [3.63, 3.8) is 0 Å². The molecule has 0 aliphatic carbocycles. The van der Waals surface area contributed by atoms with Crippen molar-refractivity contribution in [1.29, 1.82) is 0 Å². The van der Waals surface area contributed by atoms with Crippen molar-refractivity contribution in [3.05, 3.63) is 0 Å². The Morgan fingerprint density at radius 3 is 2.38 bits per heavy atom. The zero-order valence-electron chi connectivity index (χ0n) is 14.4. The fourth-order valence-corrected chi connectivity index (χ4v) is 4.15. The smallest absolute Gasteiger partial charge is 0.192 e. The van der Waals surface area contributed by atoms with E-state index in [9.17, 15) is 9.67 Å². The predicted octanol–water partition coefficient (Wildman–Crippen LogP) is 2.99. The van der Waals surface area contributed by atoms with Gasteiger partial charge in [0.15, 0.2) is 8.32 Å². The van der Waals surface area contributed by atoms with E-state index in [0.717, 1.165) is 0 Å².